The average molecular weight is 610 g/mol. The van der Waals surface area contributed by atoms with Gasteiger partial charge in [-0.1, -0.05) is 22.0 Å². The highest BCUT2D eigenvalue weighted by Gasteiger charge is 2.35. The first-order valence-corrected chi connectivity index (χ1v) is 13.4. The van der Waals surface area contributed by atoms with Gasteiger partial charge in [-0.2, -0.15) is 0 Å². The Balaban J connectivity index is 1.59. The Hall–Kier alpha value is -3.20. The molecule has 3 heterocycles. The van der Waals surface area contributed by atoms with E-state index >= 15 is 0 Å². The number of rotatable bonds is 9. The molecule has 2 aromatic rings. The Bertz CT molecular complexity index is 1270. The van der Waals surface area contributed by atoms with Crippen molar-refractivity contribution in [3.8, 4) is 0 Å². The lowest BCUT2D eigenvalue weighted by molar-refractivity contribution is -0.146. The normalized spacial score (nSPS) is 19.9. The van der Waals surface area contributed by atoms with Crippen molar-refractivity contribution in [2.24, 2.45) is 4.99 Å². The standard InChI is InChI=1S/C24H25BrFN5O6S/c1-2-36-18(32)10-28-22(33)17-12-31(6-7-37-17)11-16-19(24(34)35)20(14-4-3-13(26)9-15(14)25)30-21(29-16)23-27-5-8-38-23/h3-5,8-9,17,20H,2,6-7,10-12H2,1H3,(H,28,33)(H,29,30)(H,34,35). The van der Waals surface area contributed by atoms with Crippen molar-refractivity contribution in [3.05, 3.63) is 61.9 Å². The summed E-state index contributed by atoms with van der Waals surface area (Å²) in [5, 5.41) is 18.2. The number of carbonyl (C=O) groups excluding carboxylic acids is 2. The summed E-state index contributed by atoms with van der Waals surface area (Å²) in [6.45, 7) is 2.59. The van der Waals surface area contributed by atoms with E-state index in [1.165, 1.54) is 29.5 Å². The Morgan fingerprint density at radius 1 is 1.39 bits per heavy atom. The van der Waals surface area contributed by atoms with E-state index in [1.807, 2.05) is 4.90 Å². The number of hydrogen-bond acceptors (Lipinski definition) is 10. The summed E-state index contributed by atoms with van der Waals surface area (Å²) in [7, 11) is 0. The number of carboxylic acid groups (broad SMARTS) is 1. The van der Waals surface area contributed by atoms with Crippen LogP contribution in [-0.2, 0) is 23.9 Å². The van der Waals surface area contributed by atoms with Gasteiger partial charge in [0.05, 0.1) is 18.8 Å². The second-order valence-corrected chi connectivity index (χ2v) is 10.1. The Labute approximate surface area is 229 Å². The molecule has 0 aliphatic carbocycles. The maximum atomic E-state index is 13.8. The highest BCUT2D eigenvalue weighted by molar-refractivity contribution is 9.10. The first-order valence-electron chi connectivity index (χ1n) is 11.7. The Kier molecular flexibility index (Phi) is 9.20. The minimum Gasteiger partial charge on any atom is -0.478 e. The Morgan fingerprint density at radius 3 is 2.89 bits per heavy atom. The summed E-state index contributed by atoms with van der Waals surface area (Å²) >= 11 is 4.68. The van der Waals surface area contributed by atoms with Gasteiger partial charge in [0.15, 0.2) is 10.8 Å². The van der Waals surface area contributed by atoms with E-state index in [0.29, 0.717) is 33.1 Å². The molecule has 0 spiro atoms. The van der Waals surface area contributed by atoms with Crippen LogP contribution in [0, 0.1) is 5.82 Å². The molecule has 3 N–H and O–H groups in total. The summed E-state index contributed by atoms with van der Waals surface area (Å²) in [5.41, 5.74) is 0.842. The van der Waals surface area contributed by atoms with E-state index in [1.54, 1.807) is 18.5 Å². The van der Waals surface area contributed by atoms with E-state index < -0.39 is 35.8 Å². The monoisotopic (exact) mass is 609 g/mol. The second kappa shape index (κ2) is 12.6. The summed E-state index contributed by atoms with van der Waals surface area (Å²) in [6, 6.07) is 3.07. The molecule has 11 nitrogen and oxygen atoms in total. The molecule has 38 heavy (non-hydrogen) atoms. The molecule has 2 aliphatic heterocycles. The van der Waals surface area contributed by atoms with Crippen LogP contribution in [0.2, 0.25) is 0 Å². The van der Waals surface area contributed by atoms with E-state index in [-0.39, 0.29) is 38.4 Å². The lowest BCUT2D eigenvalue weighted by atomic mass is 9.95. The number of esters is 1. The van der Waals surface area contributed by atoms with Gasteiger partial charge in [0, 0.05) is 41.4 Å². The lowest BCUT2D eigenvalue weighted by Crippen LogP contribution is -2.52. The van der Waals surface area contributed by atoms with E-state index in [0.717, 1.165) is 0 Å². The fraction of sp³-hybridized carbons (Fsp3) is 0.375. The van der Waals surface area contributed by atoms with Gasteiger partial charge in [-0.15, -0.1) is 11.3 Å². The van der Waals surface area contributed by atoms with Crippen molar-refractivity contribution in [2.75, 3.05) is 39.4 Å². The van der Waals surface area contributed by atoms with Crippen molar-refractivity contribution >= 4 is 50.9 Å². The zero-order valence-electron chi connectivity index (χ0n) is 20.3. The number of amidine groups is 1. The molecule has 4 rings (SSSR count). The fourth-order valence-electron chi connectivity index (χ4n) is 4.08. The van der Waals surface area contributed by atoms with Gasteiger partial charge in [-0.05, 0) is 24.6 Å². The van der Waals surface area contributed by atoms with Crippen LogP contribution in [0.15, 0.2) is 50.5 Å². The molecule has 2 aliphatic rings. The topological polar surface area (TPSA) is 142 Å². The van der Waals surface area contributed by atoms with Crippen LogP contribution in [0.1, 0.15) is 23.5 Å². The molecule has 0 bridgehead atoms. The number of nitrogens with one attached hydrogen (secondary N) is 2. The highest BCUT2D eigenvalue weighted by Crippen LogP contribution is 2.36. The van der Waals surface area contributed by atoms with Gasteiger partial charge < -0.3 is 25.2 Å². The predicted molar refractivity (Wildman–Crippen MR) is 139 cm³/mol. The maximum absolute atomic E-state index is 13.8. The predicted octanol–water partition coefficient (Wildman–Crippen LogP) is 1.85. The van der Waals surface area contributed by atoms with Crippen LogP contribution >= 0.6 is 27.3 Å². The number of carbonyl (C=O) groups is 3. The van der Waals surface area contributed by atoms with Gasteiger partial charge >= 0.3 is 11.9 Å². The fourth-order valence-corrected chi connectivity index (χ4v) is 5.24. The lowest BCUT2D eigenvalue weighted by Gasteiger charge is -2.34. The summed E-state index contributed by atoms with van der Waals surface area (Å²) in [6.07, 6.45) is 0.759. The maximum Gasteiger partial charge on any atom is 0.335 e. The molecule has 1 amide bonds. The first kappa shape index (κ1) is 27.8. The van der Waals surface area contributed by atoms with Gasteiger partial charge in [-0.25, -0.2) is 14.2 Å². The van der Waals surface area contributed by atoms with Crippen molar-refractivity contribution in [1.82, 2.24) is 20.5 Å². The molecule has 1 saturated heterocycles. The number of carboxylic acids is 1. The number of hydrogen-bond donors (Lipinski definition) is 3. The molecule has 0 saturated carbocycles. The summed E-state index contributed by atoms with van der Waals surface area (Å²) in [4.78, 5) is 47.5. The number of aliphatic imine (C=N–C) groups is 1. The number of thiazole rings is 1. The van der Waals surface area contributed by atoms with Gasteiger partial charge in [0.2, 0.25) is 0 Å². The third-order valence-electron chi connectivity index (χ3n) is 5.79. The van der Waals surface area contributed by atoms with Gasteiger partial charge in [-0.3, -0.25) is 19.5 Å². The molecule has 0 radical (unpaired) electrons. The van der Waals surface area contributed by atoms with E-state index in [2.05, 4.69) is 36.5 Å². The second-order valence-electron chi connectivity index (χ2n) is 8.32. The quantitative estimate of drug-likeness (QED) is 0.363. The first-order chi connectivity index (χ1) is 18.3. The van der Waals surface area contributed by atoms with Crippen molar-refractivity contribution in [2.45, 2.75) is 19.1 Å². The van der Waals surface area contributed by atoms with Crippen LogP contribution < -0.4 is 10.6 Å². The number of nitrogens with zero attached hydrogens (tertiary/aromatic N) is 3. The number of ether oxygens (including phenoxy) is 2. The van der Waals surface area contributed by atoms with Gasteiger partial charge in [0.25, 0.3) is 5.91 Å². The highest BCUT2D eigenvalue weighted by atomic mass is 79.9. The third-order valence-corrected chi connectivity index (χ3v) is 7.25. The molecule has 1 fully saturated rings. The van der Waals surface area contributed by atoms with Crippen LogP contribution in [0.25, 0.3) is 0 Å². The minimum absolute atomic E-state index is 0.00702. The average Bonchev–Trinajstić information content (AvgIpc) is 3.42. The number of aliphatic carboxylic acids is 1. The van der Waals surface area contributed by atoms with E-state index in [9.17, 15) is 23.9 Å². The molecular weight excluding hydrogens is 585 g/mol. The molecule has 2 atom stereocenters. The smallest absolute Gasteiger partial charge is 0.335 e. The van der Waals surface area contributed by atoms with Crippen LogP contribution in [0.3, 0.4) is 0 Å². The molecule has 1 aromatic carbocycles. The number of morpholine rings is 1. The van der Waals surface area contributed by atoms with Gasteiger partial charge in [0.1, 0.15) is 24.5 Å². The molecule has 1 aromatic heterocycles. The van der Waals surface area contributed by atoms with Crippen LogP contribution in [0.5, 0.6) is 0 Å². The largest absolute Gasteiger partial charge is 0.478 e. The zero-order chi connectivity index (χ0) is 27.2. The van der Waals surface area contributed by atoms with Crippen molar-refractivity contribution in [1.29, 1.82) is 0 Å². The number of aromatic nitrogens is 1. The molecule has 202 valence electrons. The number of halogens is 2. The minimum atomic E-state index is -1.19. The van der Waals surface area contributed by atoms with E-state index in [4.69, 9.17) is 9.47 Å². The third kappa shape index (κ3) is 6.62. The summed E-state index contributed by atoms with van der Waals surface area (Å²) < 4.78 is 24.6. The van der Waals surface area contributed by atoms with Crippen LogP contribution in [-0.4, -0.2) is 84.2 Å². The molecule has 2 unspecified atom stereocenters. The summed E-state index contributed by atoms with van der Waals surface area (Å²) in [5.74, 6) is -2.29. The Morgan fingerprint density at radius 2 is 2.21 bits per heavy atom. The zero-order valence-corrected chi connectivity index (χ0v) is 22.7. The van der Waals surface area contributed by atoms with Crippen molar-refractivity contribution < 1.29 is 33.4 Å². The number of amides is 1. The SMILES string of the molecule is CCOC(=O)CNC(=O)C1CN(CC2=C(C(=O)O)C(c3ccc(F)cc3Br)N=C(c3nccs3)N2)CCO1. The van der Waals surface area contributed by atoms with Crippen molar-refractivity contribution in [3.63, 3.8) is 0 Å². The number of benzene rings is 1. The molecular formula is C24H25BrFN5O6S. The molecule has 14 heteroatoms. The van der Waals surface area contributed by atoms with Crippen LogP contribution in [0.4, 0.5) is 4.39 Å².